The van der Waals surface area contributed by atoms with Gasteiger partial charge in [-0.3, -0.25) is 0 Å². The van der Waals surface area contributed by atoms with Crippen LogP contribution in [0.15, 0.2) is 23.4 Å². The van der Waals surface area contributed by atoms with Gasteiger partial charge in [0, 0.05) is 5.56 Å². The van der Waals surface area contributed by atoms with Gasteiger partial charge >= 0.3 is 0 Å². The van der Waals surface area contributed by atoms with Crippen molar-refractivity contribution in [3.05, 3.63) is 23.8 Å². The summed E-state index contributed by atoms with van der Waals surface area (Å²) in [6.07, 6.45) is 6.13. The Balaban J connectivity index is 2.06. The fraction of sp³-hybridized carbons (Fsp3) is 0.562. The fourth-order valence-electron chi connectivity index (χ4n) is 2.82. The summed E-state index contributed by atoms with van der Waals surface area (Å²) in [5, 5.41) is 11.7. The standard InChI is InChI=1S/C16H24N2O3/c1-3-11-4-7-13(8-5-11)21-14-9-6-12(16(17)18-19)10-15(14)20-2/h6,9-11,13,19H,3-5,7-8H2,1-2H3,(H2,17,18). The van der Waals surface area contributed by atoms with Crippen molar-refractivity contribution in [3.8, 4) is 11.5 Å². The molecule has 0 radical (unpaired) electrons. The first-order valence-corrected chi connectivity index (χ1v) is 7.50. The average Bonchev–Trinajstić information content (AvgIpc) is 2.55. The van der Waals surface area contributed by atoms with Crippen LogP contribution in [0.5, 0.6) is 11.5 Å². The second-order valence-electron chi connectivity index (χ2n) is 5.52. The molecule has 5 nitrogen and oxygen atoms in total. The molecule has 1 aromatic rings. The first-order valence-electron chi connectivity index (χ1n) is 7.50. The zero-order valence-electron chi connectivity index (χ0n) is 12.7. The van der Waals surface area contributed by atoms with Gasteiger partial charge in [-0.15, -0.1) is 0 Å². The predicted molar refractivity (Wildman–Crippen MR) is 82.2 cm³/mol. The number of hydrogen-bond acceptors (Lipinski definition) is 4. The summed E-state index contributed by atoms with van der Waals surface area (Å²) in [6.45, 7) is 2.25. The second kappa shape index (κ2) is 7.20. The molecule has 2 rings (SSSR count). The summed E-state index contributed by atoms with van der Waals surface area (Å²) in [5.41, 5.74) is 6.19. The van der Waals surface area contributed by atoms with Crippen molar-refractivity contribution in [2.45, 2.75) is 45.1 Å². The van der Waals surface area contributed by atoms with Gasteiger partial charge in [0.15, 0.2) is 17.3 Å². The van der Waals surface area contributed by atoms with Crippen LogP contribution in [0, 0.1) is 5.92 Å². The molecule has 0 spiro atoms. The molecule has 0 unspecified atom stereocenters. The molecule has 116 valence electrons. The Labute approximate surface area is 125 Å². The Morgan fingerprint density at radius 2 is 2.00 bits per heavy atom. The summed E-state index contributed by atoms with van der Waals surface area (Å²) >= 11 is 0. The fourth-order valence-corrected chi connectivity index (χ4v) is 2.82. The highest BCUT2D eigenvalue weighted by atomic mass is 16.5. The average molecular weight is 292 g/mol. The maximum absolute atomic E-state index is 8.72. The van der Waals surface area contributed by atoms with Crippen molar-refractivity contribution in [1.29, 1.82) is 0 Å². The minimum Gasteiger partial charge on any atom is -0.493 e. The monoisotopic (exact) mass is 292 g/mol. The Bertz CT molecular complexity index is 494. The largest absolute Gasteiger partial charge is 0.493 e. The molecular weight excluding hydrogens is 268 g/mol. The maximum atomic E-state index is 8.72. The van der Waals surface area contributed by atoms with E-state index in [1.165, 1.54) is 19.3 Å². The molecule has 1 aromatic carbocycles. The highest BCUT2D eigenvalue weighted by molar-refractivity contribution is 5.97. The molecule has 1 fully saturated rings. The van der Waals surface area contributed by atoms with Gasteiger partial charge in [0.05, 0.1) is 13.2 Å². The lowest BCUT2D eigenvalue weighted by Crippen LogP contribution is -2.24. The van der Waals surface area contributed by atoms with Gasteiger partial charge in [0.2, 0.25) is 0 Å². The Kier molecular flexibility index (Phi) is 5.31. The van der Waals surface area contributed by atoms with Crippen LogP contribution in [0.2, 0.25) is 0 Å². The molecule has 1 aliphatic carbocycles. The molecule has 0 aromatic heterocycles. The number of ether oxygens (including phenoxy) is 2. The van der Waals surface area contributed by atoms with Gasteiger partial charge in [0.1, 0.15) is 0 Å². The summed E-state index contributed by atoms with van der Waals surface area (Å²) < 4.78 is 11.4. The summed E-state index contributed by atoms with van der Waals surface area (Å²) in [5.74, 6) is 2.22. The van der Waals surface area contributed by atoms with Crippen molar-refractivity contribution >= 4 is 5.84 Å². The van der Waals surface area contributed by atoms with Crippen molar-refractivity contribution in [2.24, 2.45) is 16.8 Å². The van der Waals surface area contributed by atoms with Crippen LogP contribution in [0.3, 0.4) is 0 Å². The van der Waals surface area contributed by atoms with E-state index in [2.05, 4.69) is 12.1 Å². The lowest BCUT2D eigenvalue weighted by atomic mass is 9.86. The van der Waals surface area contributed by atoms with Gasteiger partial charge in [-0.1, -0.05) is 18.5 Å². The first-order chi connectivity index (χ1) is 10.2. The molecular formula is C16H24N2O3. The Morgan fingerprint density at radius 3 is 2.57 bits per heavy atom. The number of hydrogen-bond donors (Lipinski definition) is 2. The van der Waals surface area contributed by atoms with Crippen LogP contribution in [-0.4, -0.2) is 24.3 Å². The van der Waals surface area contributed by atoms with E-state index in [1.807, 2.05) is 6.07 Å². The molecule has 0 saturated heterocycles. The third-order valence-electron chi connectivity index (χ3n) is 4.23. The number of methoxy groups -OCH3 is 1. The van der Waals surface area contributed by atoms with Crippen LogP contribution < -0.4 is 15.2 Å². The van der Waals surface area contributed by atoms with Crippen LogP contribution in [-0.2, 0) is 0 Å². The lowest BCUT2D eigenvalue weighted by Gasteiger charge is -2.28. The highest BCUT2D eigenvalue weighted by Gasteiger charge is 2.22. The number of benzene rings is 1. The number of nitrogens with two attached hydrogens (primary N) is 1. The summed E-state index contributed by atoms with van der Waals surface area (Å²) in [7, 11) is 1.59. The highest BCUT2D eigenvalue weighted by Crippen LogP contribution is 2.33. The zero-order valence-corrected chi connectivity index (χ0v) is 12.7. The van der Waals surface area contributed by atoms with Crippen molar-refractivity contribution in [2.75, 3.05) is 7.11 Å². The molecule has 0 aliphatic heterocycles. The van der Waals surface area contributed by atoms with Gasteiger partial charge in [-0.05, 0) is 49.8 Å². The number of nitrogens with zero attached hydrogens (tertiary/aromatic N) is 1. The summed E-state index contributed by atoms with van der Waals surface area (Å²) in [4.78, 5) is 0. The van der Waals surface area contributed by atoms with E-state index < -0.39 is 0 Å². The third kappa shape index (κ3) is 3.80. The minimum atomic E-state index is 0.0586. The molecule has 1 aliphatic rings. The van der Waals surface area contributed by atoms with E-state index in [1.54, 1.807) is 19.2 Å². The number of oxime groups is 1. The SMILES string of the molecule is CCC1CCC(Oc2ccc(C(N)=NO)cc2OC)CC1. The summed E-state index contributed by atoms with van der Waals surface area (Å²) in [6, 6.07) is 5.31. The molecule has 0 amide bonds. The van der Waals surface area contributed by atoms with Crippen LogP contribution in [0.4, 0.5) is 0 Å². The maximum Gasteiger partial charge on any atom is 0.170 e. The Hall–Kier alpha value is -1.91. The van der Waals surface area contributed by atoms with E-state index in [0.29, 0.717) is 17.1 Å². The number of amidine groups is 1. The van der Waals surface area contributed by atoms with Gasteiger partial charge < -0.3 is 20.4 Å². The Morgan fingerprint density at radius 1 is 1.29 bits per heavy atom. The van der Waals surface area contributed by atoms with E-state index in [9.17, 15) is 0 Å². The first kappa shape index (κ1) is 15.5. The van der Waals surface area contributed by atoms with Crippen LogP contribution >= 0.6 is 0 Å². The molecule has 1 saturated carbocycles. The molecule has 21 heavy (non-hydrogen) atoms. The number of rotatable bonds is 5. The molecule has 5 heteroatoms. The van der Waals surface area contributed by atoms with Crippen LogP contribution in [0.25, 0.3) is 0 Å². The normalized spacial score (nSPS) is 22.9. The van der Waals surface area contributed by atoms with Crippen molar-refractivity contribution < 1.29 is 14.7 Å². The lowest BCUT2D eigenvalue weighted by molar-refractivity contribution is 0.126. The second-order valence-corrected chi connectivity index (χ2v) is 5.52. The smallest absolute Gasteiger partial charge is 0.170 e. The van der Waals surface area contributed by atoms with Crippen molar-refractivity contribution in [1.82, 2.24) is 0 Å². The minimum absolute atomic E-state index is 0.0586. The zero-order chi connectivity index (χ0) is 15.2. The third-order valence-corrected chi connectivity index (χ3v) is 4.23. The topological polar surface area (TPSA) is 77.1 Å². The van der Waals surface area contributed by atoms with E-state index >= 15 is 0 Å². The molecule has 0 heterocycles. The molecule has 0 atom stereocenters. The van der Waals surface area contributed by atoms with E-state index in [0.717, 1.165) is 18.8 Å². The predicted octanol–water partition coefficient (Wildman–Crippen LogP) is 3.14. The van der Waals surface area contributed by atoms with E-state index in [4.69, 9.17) is 20.4 Å². The van der Waals surface area contributed by atoms with Gasteiger partial charge in [0.25, 0.3) is 0 Å². The molecule has 0 bridgehead atoms. The molecule has 3 N–H and O–H groups in total. The van der Waals surface area contributed by atoms with Crippen LogP contribution in [0.1, 0.15) is 44.6 Å². The van der Waals surface area contributed by atoms with Crippen molar-refractivity contribution in [3.63, 3.8) is 0 Å². The quantitative estimate of drug-likeness (QED) is 0.378. The van der Waals surface area contributed by atoms with Gasteiger partial charge in [-0.2, -0.15) is 0 Å². The van der Waals surface area contributed by atoms with E-state index in [-0.39, 0.29) is 11.9 Å². The van der Waals surface area contributed by atoms with Gasteiger partial charge in [-0.25, -0.2) is 0 Å².